The van der Waals surface area contributed by atoms with Crippen molar-refractivity contribution in [3.8, 4) is 0 Å². The van der Waals surface area contributed by atoms with Gasteiger partial charge in [-0.1, -0.05) is 0 Å². The number of anilines is 1. The predicted molar refractivity (Wildman–Crippen MR) is 86.5 cm³/mol. The highest BCUT2D eigenvalue weighted by molar-refractivity contribution is 7.15. The zero-order valence-corrected chi connectivity index (χ0v) is 13.2. The average Bonchev–Trinajstić information content (AvgIpc) is 2.96. The smallest absolute Gasteiger partial charge is 0.277 e. The Labute approximate surface area is 139 Å². The van der Waals surface area contributed by atoms with Crippen LogP contribution in [0.15, 0.2) is 18.2 Å². The molecule has 0 bridgehead atoms. The third kappa shape index (κ3) is 3.23. The molecule has 1 aliphatic rings. The van der Waals surface area contributed by atoms with Gasteiger partial charge in [0.1, 0.15) is 0 Å². The van der Waals surface area contributed by atoms with Gasteiger partial charge in [0, 0.05) is 17.0 Å². The monoisotopic (exact) mass is 348 g/mol. The normalized spacial score (nSPS) is 13.2. The number of rotatable bonds is 4. The minimum atomic E-state index is -0.772. The summed E-state index contributed by atoms with van der Waals surface area (Å²) in [5.74, 6) is -0.659. The third-order valence-corrected chi connectivity index (χ3v) is 4.73. The molecule has 1 N–H and O–H groups in total. The van der Waals surface area contributed by atoms with Crippen molar-refractivity contribution in [1.29, 1.82) is 0 Å². The van der Waals surface area contributed by atoms with Crippen LogP contribution < -0.4 is 5.32 Å². The molecule has 0 saturated heterocycles. The first kappa shape index (κ1) is 16.0. The molecule has 0 fully saturated rings. The van der Waals surface area contributed by atoms with E-state index in [9.17, 15) is 25.0 Å². The molecular formula is C14H12N4O5S. The number of carbonyl (C=O) groups is 1. The Balaban J connectivity index is 1.87. The number of aryl methyl sites for hydroxylation is 2. The number of benzene rings is 1. The van der Waals surface area contributed by atoms with Crippen molar-refractivity contribution in [2.24, 2.45) is 0 Å². The number of fused-ring (bicyclic) bond motifs is 1. The molecule has 1 aromatic heterocycles. The van der Waals surface area contributed by atoms with E-state index < -0.39 is 27.1 Å². The van der Waals surface area contributed by atoms with Crippen molar-refractivity contribution in [3.63, 3.8) is 0 Å². The van der Waals surface area contributed by atoms with Crippen LogP contribution in [0.1, 0.15) is 33.8 Å². The highest BCUT2D eigenvalue weighted by atomic mass is 32.1. The molecule has 124 valence electrons. The third-order valence-electron chi connectivity index (χ3n) is 3.65. The molecule has 10 heteroatoms. The van der Waals surface area contributed by atoms with Gasteiger partial charge in [0.05, 0.1) is 27.2 Å². The van der Waals surface area contributed by atoms with Crippen LogP contribution in [0, 0.1) is 20.2 Å². The fraction of sp³-hybridized carbons (Fsp3) is 0.286. The zero-order chi connectivity index (χ0) is 17.3. The summed E-state index contributed by atoms with van der Waals surface area (Å²) >= 11 is 1.37. The largest absolute Gasteiger partial charge is 0.298 e. The fourth-order valence-corrected chi connectivity index (χ4v) is 3.56. The highest BCUT2D eigenvalue weighted by Gasteiger charge is 2.21. The van der Waals surface area contributed by atoms with Crippen molar-refractivity contribution in [2.75, 3.05) is 5.32 Å². The fourth-order valence-electron chi connectivity index (χ4n) is 2.51. The molecule has 0 aliphatic heterocycles. The SMILES string of the molecule is O=C(Nc1nc2c(s1)CCCC2)c1cc([N+](=O)[O-])cc([N+](=O)[O-])c1. The molecule has 9 nitrogen and oxygen atoms in total. The molecule has 24 heavy (non-hydrogen) atoms. The van der Waals surface area contributed by atoms with Crippen LogP contribution in [0.3, 0.4) is 0 Å². The second-order valence-corrected chi connectivity index (χ2v) is 6.39. The number of nitrogens with one attached hydrogen (secondary N) is 1. The quantitative estimate of drug-likeness (QED) is 0.668. The number of hydrogen-bond donors (Lipinski definition) is 1. The van der Waals surface area contributed by atoms with Crippen LogP contribution in [-0.4, -0.2) is 20.7 Å². The van der Waals surface area contributed by atoms with Gasteiger partial charge in [0.25, 0.3) is 17.3 Å². The van der Waals surface area contributed by atoms with Crippen LogP contribution in [-0.2, 0) is 12.8 Å². The topological polar surface area (TPSA) is 128 Å². The molecule has 2 aromatic rings. The standard InChI is InChI=1S/C14H12N4O5S/c19-13(16-14-15-11-3-1-2-4-12(11)24-14)8-5-9(17(20)21)7-10(6-8)18(22)23/h5-7H,1-4H2,(H,15,16,19). The molecule has 1 amide bonds. The number of thiazole rings is 1. The Bertz CT molecular complexity index is 792. The van der Waals surface area contributed by atoms with E-state index in [4.69, 9.17) is 0 Å². The lowest BCUT2D eigenvalue weighted by atomic mass is 10.0. The van der Waals surface area contributed by atoms with Crippen molar-refractivity contribution >= 4 is 33.8 Å². The van der Waals surface area contributed by atoms with Crippen molar-refractivity contribution in [2.45, 2.75) is 25.7 Å². The summed E-state index contributed by atoms with van der Waals surface area (Å²) in [7, 11) is 0. The summed E-state index contributed by atoms with van der Waals surface area (Å²) in [4.78, 5) is 38.0. The van der Waals surface area contributed by atoms with Gasteiger partial charge in [-0.05, 0) is 25.7 Å². The van der Waals surface area contributed by atoms with Crippen molar-refractivity contribution in [1.82, 2.24) is 4.98 Å². The van der Waals surface area contributed by atoms with E-state index in [1.807, 2.05) is 0 Å². The van der Waals surface area contributed by atoms with Gasteiger partial charge in [0.15, 0.2) is 5.13 Å². The minimum absolute atomic E-state index is 0.149. The van der Waals surface area contributed by atoms with Gasteiger partial charge in [-0.3, -0.25) is 30.3 Å². The summed E-state index contributed by atoms with van der Waals surface area (Å²) in [5.41, 5.74) is -0.198. The van der Waals surface area contributed by atoms with Crippen LogP contribution in [0.2, 0.25) is 0 Å². The molecule has 3 rings (SSSR count). The Hall–Kier alpha value is -2.88. The number of aromatic nitrogens is 1. The maximum Gasteiger partial charge on any atom is 0.277 e. The molecule has 0 spiro atoms. The molecule has 0 saturated carbocycles. The summed E-state index contributed by atoms with van der Waals surface area (Å²) in [6, 6.07) is 2.84. The second-order valence-electron chi connectivity index (χ2n) is 5.30. The summed E-state index contributed by atoms with van der Waals surface area (Å²) < 4.78 is 0. The van der Waals surface area contributed by atoms with Crippen molar-refractivity contribution < 1.29 is 14.6 Å². The lowest BCUT2D eigenvalue weighted by molar-refractivity contribution is -0.394. The second kappa shape index (κ2) is 6.32. The molecular weight excluding hydrogens is 336 g/mol. The van der Waals surface area contributed by atoms with Crippen molar-refractivity contribution in [3.05, 3.63) is 54.6 Å². The van der Waals surface area contributed by atoms with E-state index >= 15 is 0 Å². The molecule has 1 aromatic carbocycles. The average molecular weight is 348 g/mol. The Kier molecular flexibility index (Phi) is 4.21. The number of carbonyl (C=O) groups excluding carboxylic acids is 1. The molecule has 1 aliphatic carbocycles. The van der Waals surface area contributed by atoms with Gasteiger partial charge in [-0.25, -0.2) is 4.98 Å². The van der Waals surface area contributed by atoms with Gasteiger partial charge in [-0.15, -0.1) is 11.3 Å². The van der Waals surface area contributed by atoms with Gasteiger partial charge >= 0.3 is 0 Å². The Morgan fingerprint density at radius 3 is 2.29 bits per heavy atom. The van der Waals surface area contributed by atoms with Gasteiger partial charge in [-0.2, -0.15) is 0 Å². The maximum atomic E-state index is 12.3. The Morgan fingerprint density at radius 2 is 1.71 bits per heavy atom. The predicted octanol–water partition coefficient (Wildman–Crippen LogP) is 3.09. The summed E-state index contributed by atoms with van der Waals surface area (Å²) in [6.45, 7) is 0. The molecule has 0 unspecified atom stereocenters. The number of nitrogens with zero attached hydrogens (tertiary/aromatic N) is 3. The maximum absolute atomic E-state index is 12.3. The zero-order valence-electron chi connectivity index (χ0n) is 12.4. The number of nitro groups is 2. The van der Waals surface area contributed by atoms with Gasteiger partial charge < -0.3 is 0 Å². The molecule has 0 radical (unpaired) electrons. The number of nitro benzene ring substituents is 2. The first-order valence-electron chi connectivity index (χ1n) is 7.18. The van der Waals surface area contributed by atoms with Crippen LogP contribution in [0.25, 0.3) is 0 Å². The molecule has 0 atom stereocenters. The Morgan fingerprint density at radius 1 is 1.08 bits per heavy atom. The first-order chi connectivity index (χ1) is 11.4. The van der Waals surface area contributed by atoms with E-state index in [2.05, 4.69) is 10.3 Å². The lowest BCUT2D eigenvalue weighted by Gasteiger charge is -2.06. The van der Waals surface area contributed by atoms with E-state index in [-0.39, 0.29) is 5.56 Å². The van der Waals surface area contributed by atoms with Crippen LogP contribution >= 0.6 is 11.3 Å². The summed E-state index contributed by atoms with van der Waals surface area (Å²) in [6.07, 6.45) is 3.93. The first-order valence-corrected chi connectivity index (χ1v) is 7.99. The van der Waals surface area contributed by atoms with E-state index in [0.29, 0.717) is 5.13 Å². The van der Waals surface area contributed by atoms with E-state index in [1.54, 1.807) is 0 Å². The van der Waals surface area contributed by atoms with Crippen LogP contribution in [0.4, 0.5) is 16.5 Å². The van der Waals surface area contributed by atoms with Gasteiger partial charge in [0.2, 0.25) is 0 Å². The minimum Gasteiger partial charge on any atom is -0.298 e. The van der Waals surface area contributed by atoms with E-state index in [0.717, 1.165) is 54.5 Å². The summed E-state index contributed by atoms with van der Waals surface area (Å²) in [5, 5.41) is 24.7. The van der Waals surface area contributed by atoms with E-state index in [1.165, 1.54) is 11.3 Å². The highest BCUT2D eigenvalue weighted by Crippen LogP contribution is 2.30. The number of non-ortho nitro benzene ring substituents is 2. The van der Waals surface area contributed by atoms with Crippen LogP contribution in [0.5, 0.6) is 0 Å². The number of hydrogen-bond acceptors (Lipinski definition) is 7. The molecule has 1 heterocycles. The lowest BCUT2D eigenvalue weighted by Crippen LogP contribution is -2.12. The number of amides is 1.